The minimum atomic E-state index is -1.37. The number of hydrogen-bond acceptors (Lipinski definition) is 9. The van der Waals surface area contributed by atoms with Crippen LogP contribution in [0.5, 0.6) is 5.75 Å². The smallest absolute Gasteiger partial charge is 0.409 e. The minimum Gasteiger partial charge on any atom is -0.481 e. The molecular weight excluding hydrogens is 596 g/mol. The van der Waals surface area contributed by atoms with Crippen LogP contribution >= 0.6 is 11.6 Å². The molecule has 1 aromatic heterocycles. The Hall–Kier alpha value is -4.13. The molecule has 1 atom stereocenters. The number of nitrogens with two attached hydrogens (primary N) is 1. The number of halogens is 1. The zero-order valence-corrected chi connectivity index (χ0v) is 25.8. The predicted octanol–water partition coefficient (Wildman–Crippen LogP) is 3.41. The lowest BCUT2D eigenvalue weighted by Gasteiger charge is -2.40. The molecule has 3 amide bonds. The van der Waals surface area contributed by atoms with Crippen LogP contribution < -0.4 is 10.5 Å². The Bertz CT molecular complexity index is 1470. The summed E-state index contributed by atoms with van der Waals surface area (Å²) in [5.74, 6) is -4.44. The summed E-state index contributed by atoms with van der Waals surface area (Å²) in [4.78, 5) is 71.8. The van der Waals surface area contributed by atoms with Crippen molar-refractivity contribution in [2.75, 3.05) is 39.4 Å². The zero-order chi connectivity index (χ0) is 32.2. The summed E-state index contributed by atoms with van der Waals surface area (Å²) in [5, 5.41) is 10.3. The van der Waals surface area contributed by atoms with Crippen molar-refractivity contribution in [3.8, 4) is 5.75 Å². The molecule has 2 fully saturated rings. The number of piperazine rings is 1. The van der Waals surface area contributed by atoms with E-state index in [2.05, 4.69) is 4.98 Å². The average molecular weight is 633 g/mol. The first-order valence-electron chi connectivity index (χ1n) is 14.6. The third-order valence-corrected chi connectivity index (χ3v) is 8.40. The van der Waals surface area contributed by atoms with Gasteiger partial charge in [0.1, 0.15) is 11.3 Å². The van der Waals surface area contributed by atoms with Gasteiger partial charge in [-0.25, -0.2) is 9.59 Å². The normalized spacial score (nSPS) is 16.5. The highest BCUT2D eigenvalue weighted by Crippen LogP contribution is 2.44. The Balaban J connectivity index is 1.85. The number of carbonyl (C=O) groups is 5. The van der Waals surface area contributed by atoms with Gasteiger partial charge in [0.2, 0.25) is 11.5 Å². The quantitative estimate of drug-likeness (QED) is 0.349. The third-order valence-electron chi connectivity index (χ3n) is 7.99. The van der Waals surface area contributed by atoms with E-state index in [0.717, 1.165) is 0 Å². The van der Waals surface area contributed by atoms with Crippen LogP contribution in [-0.4, -0.2) is 94.7 Å². The minimum absolute atomic E-state index is 0.0368. The number of hydrogen-bond donors (Lipinski definition) is 2. The van der Waals surface area contributed by atoms with Crippen LogP contribution in [0.15, 0.2) is 12.1 Å². The number of ether oxygens (including phenoxy) is 3. The molecule has 0 spiro atoms. The largest absolute Gasteiger partial charge is 0.481 e. The maximum absolute atomic E-state index is 14.1. The van der Waals surface area contributed by atoms with Crippen molar-refractivity contribution in [3.05, 3.63) is 34.0 Å². The number of fused-ring (bicyclic) bond motifs is 1. The second-order valence-electron chi connectivity index (χ2n) is 10.9. The lowest BCUT2D eigenvalue weighted by molar-refractivity contribution is -0.169. The van der Waals surface area contributed by atoms with Gasteiger partial charge in [-0.2, -0.15) is 0 Å². The van der Waals surface area contributed by atoms with Gasteiger partial charge in [0.25, 0.3) is 5.91 Å². The van der Waals surface area contributed by atoms with Crippen LogP contribution in [0.4, 0.5) is 4.79 Å². The van der Waals surface area contributed by atoms with Gasteiger partial charge < -0.3 is 34.9 Å². The summed E-state index contributed by atoms with van der Waals surface area (Å²) in [7, 11) is 0. The first-order chi connectivity index (χ1) is 20.9. The number of aliphatic carboxylic acids is 1. The number of amides is 3. The van der Waals surface area contributed by atoms with E-state index < -0.39 is 47.8 Å². The Morgan fingerprint density at radius 2 is 1.68 bits per heavy atom. The van der Waals surface area contributed by atoms with Gasteiger partial charge in [-0.15, -0.1) is 0 Å². The number of nitrogens with zero attached hydrogens (tertiary/aromatic N) is 3. The molecule has 13 nitrogen and oxygen atoms in total. The van der Waals surface area contributed by atoms with Gasteiger partial charge in [0, 0.05) is 43.0 Å². The SMILES string of the molecule is CCOC(=O)N1CCN(C(=O)C(CCC(=O)O)c2nc3cc(Cl)c(C)cc3c(OC3(C(=O)OCC)CCC3)c2C(N)=O)CC1. The molecule has 2 aromatic rings. The number of carboxylic acids is 1. The average Bonchev–Trinajstić information content (AvgIpc) is 2.95. The molecule has 14 heteroatoms. The maximum atomic E-state index is 14.1. The molecule has 1 saturated carbocycles. The van der Waals surface area contributed by atoms with Crippen LogP contribution in [0, 0.1) is 6.92 Å². The van der Waals surface area contributed by atoms with Gasteiger partial charge in [0.15, 0.2) is 0 Å². The fourth-order valence-corrected chi connectivity index (χ4v) is 5.63. The van der Waals surface area contributed by atoms with Gasteiger partial charge >= 0.3 is 18.0 Å². The molecule has 2 aliphatic rings. The molecule has 0 radical (unpaired) electrons. The van der Waals surface area contributed by atoms with Gasteiger partial charge in [-0.1, -0.05) is 11.6 Å². The Morgan fingerprint density at radius 3 is 2.23 bits per heavy atom. The summed E-state index contributed by atoms with van der Waals surface area (Å²) in [6.07, 6.45) is 0.254. The molecule has 4 rings (SSSR count). The molecule has 0 bridgehead atoms. The van der Waals surface area contributed by atoms with Crippen molar-refractivity contribution < 1.29 is 43.3 Å². The first-order valence-corrected chi connectivity index (χ1v) is 15.0. The summed E-state index contributed by atoms with van der Waals surface area (Å²) in [6.45, 7) is 6.18. The molecular formula is C30H37ClN4O9. The molecule has 1 aliphatic carbocycles. The number of aryl methyl sites for hydroxylation is 1. The van der Waals surface area contributed by atoms with Crippen molar-refractivity contribution in [1.82, 2.24) is 14.8 Å². The molecule has 1 unspecified atom stereocenters. The summed E-state index contributed by atoms with van der Waals surface area (Å²) < 4.78 is 16.8. The van der Waals surface area contributed by atoms with E-state index in [9.17, 15) is 29.1 Å². The number of pyridine rings is 1. The van der Waals surface area contributed by atoms with E-state index in [4.69, 9.17) is 31.5 Å². The van der Waals surface area contributed by atoms with Crippen LogP contribution in [0.1, 0.15) is 73.5 Å². The Kier molecular flexibility index (Phi) is 10.2. The number of primary amides is 1. The molecule has 1 aromatic carbocycles. The number of rotatable bonds is 11. The van der Waals surface area contributed by atoms with Crippen LogP contribution in [0.3, 0.4) is 0 Å². The van der Waals surface area contributed by atoms with E-state index in [1.807, 2.05) is 0 Å². The molecule has 1 aliphatic heterocycles. The monoisotopic (exact) mass is 632 g/mol. The highest BCUT2D eigenvalue weighted by atomic mass is 35.5. The van der Waals surface area contributed by atoms with Crippen molar-refractivity contribution in [2.45, 2.75) is 64.4 Å². The fraction of sp³-hybridized carbons (Fsp3) is 0.533. The van der Waals surface area contributed by atoms with Gasteiger partial charge in [-0.05, 0) is 64.2 Å². The zero-order valence-electron chi connectivity index (χ0n) is 25.0. The van der Waals surface area contributed by atoms with E-state index in [1.165, 1.54) is 9.80 Å². The van der Waals surface area contributed by atoms with Crippen molar-refractivity contribution in [3.63, 3.8) is 0 Å². The van der Waals surface area contributed by atoms with E-state index in [1.54, 1.807) is 32.9 Å². The Labute approximate surface area is 259 Å². The third kappa shape index (κ3) is 6.67. The number of benzene rings is 1. The van der Waals surface area contributed by atoms with E-state index in [-0.39, 0.29) is 68.3 Å². The molecule has 44 heavy (non-hydrogen) atoms. The number of esters is 1. The van der Waals surface area contributed by atoms with Crippen LogP contribution in [-0.2, 0) is 23.9 Å². The van der Waals surface area contributed by atoms with Crippen LogP contribution in [0.25, 0.3) is 10.9 Å². The first kappa shape index (κ1) is 32.8. The standard InChI is InChI=1S/C30H37ClN4O9/c1-4-42-28(40)30(9-6-10-30)44-25-19-15-17(3)20(31)16-21(19)33-24(23(25)26(32)38)18(7-8-22(36)37)27(39)34-11-13-35(14-12-34)29(41)43-5-2/h15-16,18H,4-14H2,1-3H3,(H2,32,38)(H,36,37). The lowest BCUT2D eigenvalue weighted by atomic mass is 9.79. The second kappa shape index (κ2) is 13.7. The van der Waals surface area contributed by atoms with Crippen molar-refractivity contribution in [1.29, 1.82) is 0 Å². The molecule has 238 valence electrons. The molecule has 2 heterocycles. The highest BCUT2D eigenvalue weighted by Gasteiger charge is 2.49. The number of carboxylic acid groups (broad SMARTS) is 1. The number of aromatic nitrogens is 1. The predicted molar refractivity (Wildman–Crippen MR) is 159 cm³/mol. The summed E-state index contributed by atoms with van der Waals surface area (Å²) >= 11 is 6.44. The van der Waals surface area contributed by atoms with E-state index in [0.29, 0.717) is 35.2 Å². The maximum Gasteiger partial charge on any atom is 0.409 e. The summed E-state index contributed by atoms with van der Waals surface area (Å²) in [5.41, 5.74) is 5.19. The summed E-state index contributed by atoms with van der Waals surface area (Å²) in [6, 6.07) is 3.22. The Morgan fingerprint density at radius 1 is 1.05 bits per heavy atom. The van der Waals surface area contributed by atoms with Crippen LogP contribution in [0.2, 0.25) is 5.02 Å². The fourth-order valence-electron chi connectivity index (χ4n) is 5.47. The molecule has 1 saturated heterocycles. The lowest BCUT2D eigenvalue weighted by Crippen LogP contribution is -2.52. The van der Waals surface area contributed by atoms with Gasteiger partial charge in [0.05, 0.1) is 30.3 Å². The molecule has 3 N–H and O–H groups in total. The highest BCUT2D eigenvalue weighted by molar-refractivity contribution is 6.32. The van der Waals surface area contributed by atoms with Gasteiger partial charge in [-0.3, -0.25) is 19.4 Å². The van der Waals surface area contributed by atoms with Crippen molar-refractivity contribution >= 4 is 52.4 Å². The second-order valence-corrected chi connectivity index (χ2v) is 11.3. The van der Waals surface area contributed by atoms with Crippen molar-refractivity contribution in [2.24, 2.45) is 5.73 Å². The van der Waals surface area contributed by atoms with E-state index >= 15 is 0 Å². The topological polar surface area (TPSA) is 179 Å². The number of carbonyl (C=O) groups excluding carboxylic acids is 4.